The van der Waals surface area contributed by atoms with Gasteiger partial charge in [-0.3, -0.25) is 4.79 Å². The van der Waals surface area contributed by atoms with E-state index in [4.69, 9.17) is 4.74 Å². The Kier molecular flexibility index (Phi) is 4.14. The number of nitrogens with zero attached hydrogens (tertiary/aromatic N) is 1. The number of amides is 1. The molecule has 3 heteroatoms. The molecular formula is C12H23NO2. The third-order valence-electron chi connectivity index (χ3n) is 2.72. The predicted octanol–water partition coefficient (Wildman–Crippen LogP) is 2.06. The molecule has 0 saturated carbocycles. The highest BCUT2D eigenvalue weighted by atomic mass is 16.5. The molecule has 1 amide bonds. The maximum atomic E-state index is 11.2. The van der Waals surface area contributed by atoms with Crippen LogP contribution in [-0.4, -0.2) is 36.1 Å². The zero-order valence-corrected chi connectivity index (χ0v) is 10.4. The lowest BCUT2D eigenvalue weighted by molar-refractivity contribution is -0.131. The fourth-order valence-electron chi connectivity index (χ4n) is 1.85. The fraction of sp³-hybridized carbons (Fsp3) is 0.917. The van der Waals surface area contributed by atoms with E-state index in [9.17, 15) is 4.79 Å². The Morgan fingerprint density at radius 2 is 2.13 bits per heavy atom. The summed E-state index contributed by atoms with van der Waals surface area (Å²) in [5.74, 6) is 0.706. The smallest absolute Gasteiger partial charge is 0.219 e. The zero-order chi connectivity index (χ0) is 11.5. The van der Waals surface area contributed by atoms with E-state index in [0.717, 1.165) is 26.1 Å². The quantitative estimate of drug-likeness (QED) is 0.702. The summed E-state index contributed by atoms with van der Waals surface area (Å²) >= 11 is 0. The van der Waals surface area contributed by atoms with Crippen molar-refractivity contribution in [1.82, 2.24) is 4.90 Å². The van der Waals surface area contributed by atoms with Crippen molar-refractivity contribution in [3.8, 4) is 0 Å². The number of hydrogen-bond acceptors (Lipinski definition) is 2. The largest absolute Gasteiger partial charge is 0.376 e. The van der Waals surface area contributed by atoms with E-state index in [-0.39, 0.29) is 11.5 Å². The molecule has 1 rings (SSSR count). The number of carbonyl (C=O) groups excluding carboxylic acids is 1. The van der Waals surface area contributed by atoms with Gasteiger partial charge in [-0.25, -0.2) is 0 Å². The lowest BCUT2D eigenvalue weighted by atomic mass is 9.98. The molecule has 1 fully saturated rings. The van der Waals surface area contributed by atoms with Crippen LogP contribution in [0.5, 0.6) is 0 Å². The molecule has 1 unspecified atom stereocenters. The molecule has 0 aromatic carbocycles. The van der Waals surface area contributed by atoms with Crippen LogP contribution in [0.4, 0.5) is 0 Å². The summed E-state index contributed by atoms with van der Waals surface area (Å²) in [6, 6.07) is 0. The lowest BCUT2D eigenvalue weighted by Gasteiger charge is -2.33. The highest BCUT2D eigenvalue weighted by Gasteiger charge is 2.23. The second kappa shape index (κ2) is 4.97. The van der Waals surface area contributed by atoms with Gasteiger partial charge in [-0.1, -0.05) is 0 Å². The Balaban J connectivity index is 2.34. The third-order valence-corrected chi connectivity index (χ3v) is 2.72. The lowest BCUT2D eigenvalue weighted by Crippen LogP contribution is -2.40. The van der Waals surface area contributed by atoms with Crippen LogP contribution in [0.2, 0.25) is 0 Å². The summed E-state index contributed by atoms with van der Waals surface area (Å²) in [4.78, 5) is 13.2. The molecule has 0 bridgehead atoms. The highest BCUT2D eigenvalue weighted by Crippen LogP contribution is 2.19. The van der Waals surface area contributed by atoms with Crippen LogP contribution >= 0.6 is 0 Å². The summed E-state index contributed by atoms with van der Waals surface area (Å²) < 4.78 is 5.76. The average Bonchev–Trinajstić information content (AvgIpc) is 2.14. The normalized spacial score (nSPS) is 22.9. The van der Waals surface area contributed by atoms with E-state index in [1.807, 2.05) is 4.90 Å². The van der Waals surface area contributed by atoms with Crippen molar-refractivity contribution in [3.05, 3.63) is 0 Å². The van der Waals surface area contributed by atoms with Crippen LogP contribution in [0, 0.1) is 5.92 Å². The number of piperidine rings is 1. The first-order valence-corrected chi connectivity index (χ1v) is 5.78. The summed E-state index contributed by atoms with van der Waals surface area (Å²) in [6.45, 7) is 10.4. The van der Waals surface area contributed by atoms with Crippen LogP contribution in [0.1, 0.15) is 40.5 Å². The van der Waals surface area contributed by atoms with Gasteiger partial charge in [-0.05, 0) is 39.5 Å². The van der Waals surface area contributed by atoms with Gasteiger partial charge in [-0.2, -0.15) is 0 Å². The molecule has 0 N–H and O–H groups in total. The molecule has 0 aliphatic carbocycles. The van der Waals surface area contributed by atoms with Crippen LogP contribution < -0.4 is 0 Å². The van der Waals surface area contributed by atoms with Crippen molar-refractivity contribution in [2.24, 2.45) is 5.92 Å². The van der Waals surface area contributed by atoms with Gasteiger partial charge in [0.05, 0.1) is 12.2 Å². The van der Waals surface area contributed by atoms with Crippen molar-refractivity contribution in [2.45, 2.75) is 46.1 Å². The van der Waals surface area contributed by atoms with E-state index in [1.54, 1.807) is 6.92 Å². The van der Waals surface area contributed by atoms with E-state index < -0.39 is 0 Å². The molecule has 1 atom stereocenters. The van der Waals surface area contributed by atoms with E-state index in [2.05, 4.69) is 20.8 Å². The van der Waals surface area contributed by atoms with Crippen molar-refractivity contribution in [3.63, 3.8) is 0 Å². The summed E-state index contributed by atoms with van der Waals surface area (Å²) in [6.07, 6.45) is 2.29. The van der Waals surface area contributed by atoms with E-state index >= 15 is 0 Å². The molecular weight excluding hydrogens is 190 g/mol. The highest BCUT2D eigenvalue weighted by molar-refractivity contribution is 5.73. The number of likely N-dealkylation sites (tertiary alicyclic amines) is 1. The van der Waals surface area contributed by atoms with Crippen LogP contribution in [0.15, 0.2) is 0 Å². The molecule has 1 aliphatic heterocycles. The van der Waals surface area contributed by atoms with Crippen molar-refractivity contribution in [2.75, 3.05) is 19.7 Å². The van der Waals surface area contributed by atoms with Crippen molar-refractivity contribution < 1.29 is 9.53 Å². The first-order chi connectivity index (χ1) is 6.88. The maximum Gasteiger partial charge on any atom is 0.219 e. The molecule has 15 heavy (non-hydrogen) atoms. The van der Waals surface area contributed by atoms with Gasteiger partial charge in [-0.15, -0.1) is 0 Å². The van der Waals surface area contributed by atoms with Gasteiger partial charge < -0.3 is 9.64 Å². The Morgan fingerprint density at radius 1 is 1.47 bits per heavy atom. The van der Waals surface area contributed by atoms with Gasteiger partial charge in [0.25, 0.3) is 0 Å². The second-order valence-corrected chi connectivity index (χ2v) is 5.40. The molecule has 0 spiro atoms. The molecule has 1 saturated heterocycles. The van der Waals surface area contributed by atoms with Gasteiger partial charge in [0.2, 0.25) is 5.91 Å². The summed E-state index contributed by atoms with van der Waals surface area (Å²) in [5.41, 5.74) is -0.0709. The number of rotatable bonds is 2. The molecule has 1 aliphatic rings. The molecule has 0 aromatic rings. The minimum atomic E-state index is -0.0709. The SMILES string of the molecule is CC(=O)N1CCCC(COC(C)(C)C)C1. The Morgan fingerprint density at radius 3 is 2.67 bits per heavy atom. The Labute approximate surface area is 92.8 Å². The first-order valence-electron chi connectivity index (χ1n) is 5.78. The number of hydrogen-bond donors (Lipinski definition) is 0. The van der Waals surface area contributed by atoms with Crippen LogP contribution in [-0.2, 0) is 9.53 Å². The van der Waals surface area contributed by atoms with Gasteiger partial charge in [0.1, 0.15) is 0 Å². The molecule has 0 radical (unpaired) electrons. The van der Waals surface area contributed by atoms with E-state index in [1.165, 1.54) is 6.42 Å². The third kappa shape index (κ3) is 4.65. The topological polar surface area (TPSA) is 29.5 Å². The maximum absolute atomic E-state index is 11.2. The summed E-state index contributed by atoms with van der Waals surface area (Å²) in [7, 11) is 0. The Bertz CT molecular complexity index is 220. The van der Waals surface area contributed by atoms with Crippen LogP contribution in [0.3, 0.4) is 0 Å². The van der Waals surface area contributed by atoms with Crippen molar-refractivity contribution in [1.29, 1.82) is 0 Å². The molecule has 0 aromatic heterocycles. The predicted molar refractivity (Wildman–Crippen MR) is 60.7 cm³/mol. The van der Waals surface area contributed by atoms with Crippen molar-refractivity contribution >= 4 is 5.91 Å². The standard InChI is InChI=1S/C12H23NO2/c1-10(14)13-7-5-6-11(8-13)9-15-12(2,3)4/h11H,5-9H2,1-4H3. The van der Waals surface area contributed by atoms with Crippen LogP contribution in [0.25, 0.3) is 0 Å². The minimum absolute atomic E-state index is 0.0709. The van der Waals surface area contributed by atoms with Gasteiger partial charge >= 0.3 is 0 Å². The molecule has 88 valence electrons. The van der Waals surface area contributed by atoms with Gasteiger partial charge in [0.15, 0.2) is 0 Å². The minimum Gasteiger partial charge on any atom is -0.376 e. The fourth-order valence-corrected chi connectivity index (χ4v) is 1.85. The summed E-state index contributed by atoms with van der Waals surface area (Å²) in [5, 5.41) is 0. The molecule has 1 heterocycles. The molecule has 3 nitrogen and oxygen atoms in total. The Hall–Kier alpha value is -0.570. The second-order valence-electron chi connectivity index (χ2n) is 5.40. The monoisotopic (exact) mass is 213 g/mol. The zero-order valence-electron chi connectivity index (χ0n) is 10.4. The van der Waals surface area contributed by atoms with Gasteiger partial charge in [0, 0.05) is 20.0 Å². The average molecular weight is 213 g/mol. The number of ether oxygens (including phenoxy) is 1. The number of carbonyl (C=O) groups is 1. The van der Waals surface area contributed by atoms with E-state index in [0.29, 0.717) is 5.92 Å². The first kappa shape index (κ1) is 12.5.